The Labute approximate surface area is 124 Å². The first kappa shape index (κ1) is 14.6. The lowest BCUT2D eigenvalue weighted by Gasteiger charge is -2.08. The van der Waals surface area contributed by atoms with Crippen molar-refractivity contribution in [2.45, 2.75) is 6.42 Å². The molecule has 2 N–H and O–H groups in total. The largest absolute Gasteiger partial charge is 0.478 e. The first-order valence-corrected chi connectivity index (χ1v) is 6.79. The molecule has 2 aromatic rings. The molecular weight excluding hydrogens is 324 g/mol. The minimum Gasteiger partial charge on any atom is -0.478 e. The molecule has 0 spiro atoms. The van der Waals surface area contributed by atoms with Gasteiger partial charge >= 0.3 is 5.97 Å². The molecule has 0 saturated heterocycles. The summed E-state index contributed by atoms with van der Waals surface area (Å²) < 4.78 is 6.27. The monoisotopic (exact) mass is 336 g/mol. The third-order valence-corrected chi connectivity index (χ3v) is 3.14. The maximum Gasteiger partial charge on any atom is 0.335 e. The average molecular weight is 337 g/mol. The van der Waals surface area contributed by atoms with Crippen molar-refractivity contribution in [3.63, 3.8) is 0 Å². The number of carbonyl (C=O) groups is 1. The summed E-state index contributed by atoms with van der Waals surface area (Å²) in [5.74, 6) is 0.0576. The van der Waals surface area contributed by atoms with Gasteiger partial charge in [-0.15, -0.1) is 0 Å². The summed E-state index contributed by atoms with van der Waals surface area (Å²) >= 11 is 3.26. The van der Waals surface area contributed by atoms with Gasteiger partial charge in [0.1, 0.15) is 11.5 Å². The summed E-state index contributed by atoms with van der Waals surface area (Å²) in [6, 6.07) is 12.0. The molecule has 0 fully saturated rings. The molecule has 2 rings (SSSR count). The van der Waals surface area contributed by atoms with Crippen LogP contribution in [0.2, 0.25) is 0 Å². The van der Waals surface area contributed by atoms with E-state index in [0.717, 1.165) is 5.56 Å². The van der Waals surface area contributed by atoms with E-state index < -0.39 is 5.97 Å². The highest BCUT2D eigenvalue weighted by atomic mass is 79.9. The average Bonchev–Trinajstić information content (AvgIpc) is 2.40. The lowest BCUT2D eigenvalue weighted by atomic mass is 10.1. The highest BCUT2D eigenvalue weighted by Crippen LogP contribution is 2.26. The molecule has 0 saturated carbocycles. The van der Waals surface area contributed by atoms with Crippen molar-refractivity contribution in [2.75, 3.05) is 6.61 Å². The molecule has 0 amide bonds. The van der Waals surface area contributed by atoms with Crippen molar-refractivity contribution in [2.24, 2.45) is 0 Å². The SMILES string of the molecule is O=C(O)c1cc(Br)cc(Oc2ccc(CCO)cc2)c1. The lowest BCUT2D eigenvalue weighted by Crippen LogP contribution is -1.97. The fourth-order valence-electron chi connectivity index (χ4n) is 1.73. The van der Waals surface area contributed by atoms with Gasteiger partial charge in [0, 0.05) is 11.1 Å². The van der Waals surface area contributed by atoms with Gasteiger partial charge in [0.05, 0.1) is 5.56 Å². The Morgan fingerprint density at radius 1 is 1.10 bits per heavy atom. The number of halogens is 1. The molecule has 0 heterocycles. The van der Waals surface area contributed by atoms with E-state index in [1.165, 1.54) is 12.1 Å². The third kappa shape index (κ3) is 3.82. The number of ether oxygens (including phenoxy) is 1. The van der Waals surface area contributed by atoms with Crippen LogP contribution in [0.3, 0.4) is 0 Å². The zero-order valence-electron chi connectivity index (χ0n) is 10.5. The van der Waals surface area contributed by atoms with E-state index in [-0.39, 0.29) is 12.2 Å². The zero-order chi connectivity index (χ0) is 14.5. The first-order chi connectivity index (χ1) is 9.58. The molecule has 0 radical (unpaired) electrons. The fraction of sp³-hybridized carbons (Fsp3) is 0.133. The molecule has 0 atom stereocenters. The van der Waals surface area contributed by atoms with Gasteiger partial charge in [0.25, 0.3) is 0 Å². The molecule has 0 unspecified atom stereocenters. The van der Waals surface area contributed by atoms with E-state index in [9.17, 15) is 4.79 Å². The summed E-state index contributed by atoms with van der Waals surface area (Å²) in [7, 11) is 0. The number of aromatic carboxylic acids is 1. The normalized spacial score (nSPS) is 10.3. The minimum absolute atomic E-state index is 0.105. The molecule has 5 heteroatoms. The van der Waals surface area contributed by atoms with E-state index in [0.29, 0.717) is 22.4 Å². The van der Waals surface area contributed by atoms with E-state index in [1.54, 1.807) is 18.2 Å². The van der Waals surface area contributed by atoms with Crippen LogP contribution in [-0.2, 0) is 6.42 Å². The Morgan fingerprint density at radius 3 is 2.40 bits per heavy atom. The molecule has 0 aromatic heterocycles. The van der Waals surface area contributed by atoms with Gasteiger partial charge in [-0.2, -0.15) is 0 Å². The van der Waals surface area contributed by atoms with Crippen molar-refractivity contribution in [3.8, 4) is 11.5 Å². The highest BCUT2D eigenvalue weighted by Gasteiger charge is 2.07. The van der Waals surface area contributed by atoms with Crippen LogP contribution in [0.25, 0.3) is 0 Å². The van der Waals surface area contributed by atoms with Crippen LogP contribution < -0.4 is 4.74 Å². The lowest BCUT2D eigenvalue weighted by molar-refractivity contribution is 0.0696. The summed E-state index contributed by atoms with van der Waals surface area (Å²) in [6.45, 7) is 0.105. The third-order valence-electron chi connectivity index (χ3n) is 2.68. The van der Waals surface area contributed by atoms with Gasteiger partial charge in [0.2, 0.25) is 0 Å². The maximum atomic E-state index is 11.0. The van der Waals surface area contributed by atoms with E-state index in [2.05, 4.69) is 15.9 Å². The van der Waals surface area contributed by atoms with Crippen molar-refractivity contribution < 1.29 is 19.7 Å². The predicted molar refractivity (Wildman–Crippen MR) is 78.4 cm³/mol. The van der Waals surface area contributed by atoms with Crippen molar-refractivity contribution in [1.29, 1.82) is 0 Å². The smallest absolute Gasteiger partial charge is 0.335 e. The number of aliphatic hydroxyl groups is 1. The number of hydrogen-bond acceptors (Lipinski definition) is 3. The molecule has 4 nitrogen and oxygen atoms in total. The first-order valence-electron chi connectivity index (χ1n) is 6.00. The number of carboxylic acid groups (broad SMARTS) is 1. The van der Waals surface area contributed by atoms with Gasteiger partial charge in [0.15, 0.2) is 0 Å². The number of rotatable bonds is 5. The highest BCUT2D eigenvalue weighted by molar-refractivity contribution is 9.10. The summed E-state index contributed by atoms with van der Waals surface area (Å²) in [4.78, 5) is 11.0. The topological polar surface area (TPSA) is 66.8 Å². The zero-order valence-corrected chi connectivity index (χ0v) is 12.1. The van der Waals surface area contributed by atoms with E-state index >= 15 is 0 Å². The standard InChI is InChI=1S/C15H13BrO4/c16-12-7-11(15(18)19)8-14(9-12)20-13-3-1-10(2-4-13)5-6-17/h1-4,7-9,17H,5-6H2,(H,18,19). The second-order valence-corrected chi connectivity index (χ2v) is 5.12. The van der Waals surface area contributed by atoms with Crippen LogP contribution in [0, 0.1) is 0 Å². The molecule has 0 aliphatic carbocycles. The van der Waals surface area contributed by atoms with Gasteiger partial charge in [-0.25, -0.2) is 4.79 Å². The Kier molecular flexibility index (Phi) is 4.76. The number of hydrogen-bond donors (Lipinski definition) is 2. The van der Waals surface area contributed by atoms with Crippen LogP contribution in [0.4, 0.5) is 0 Å². The molecule has 0 bridgehead atoms. The Morgan fingerprint density at radius 2 is 1.80 bits per heavy atom. The van der Waals surface area contributed by atoms with Crippen molar-refractivity contribution in [1.82, 2.24) is 0 Å². The van der Waals surface area contributed by atoms with Crippen LogP contribution in [0.5, 0.6) is 11.5 Å². The Hall–Kier alpha value is -1.85. The van der Waals surface area contributed by atoms with E-state index in [1.807, 2.05) is 12.1 Å². The van der Waals surface area contributed by atoms with Gasteiger partial charge in [-0.1, -0.05) is 28.1 Å². The fourth-order valence-corrected chi connectivity index (χ4v) is 2.21. The van der Waals surface area contributed by atoms with Crippen LogP contribution in [-0.4, -0.2) is 22.8 Å². The number of aliphatic hydroxyl groups excluding tert-OH is 1. The molecule has 104 valence electrons. The molecule has 0 aliphatic rings. The minimum atomic E-state index is -1.01. The summed E-state index contributed by atoms with van der Waals surface area (Å²) in [6.07, 6.45) is 0.598. The van der Waals surface area contributed by atoms with Gasteiger partial charge in [-0.05, 0) is 42.3 Å². The summed E-state index contributed by atoms with van der Waals surface area (Å²) in [5.41, 5.74) is 1.17. The second-order valence-electron chi connectivity index (χ2n) is 4.20. The Balaban J connectivity index is 2.19. The van der Waals surface area contributed by atoms with E-state index in [4.69, 9.17) is 14.9 Å². The summed E-state index contributed by atoms with van der Waals surface area (Å²) in [5, 5.41) is 17.8. The van der Waals surface area contributed by atoms with Crippen molar-refractivity contribution in [3.05, 3.63) is 58.1 Å². The predicted octanol–water partition coefficient (Wildman–Crippen LogP) is 3.47. The van der Waals surface area contributed by atoms with Gasteiger partial charge < -0.3 is 14.9 Å². The number of benzene rings is 2. The number of carboxylic acids is 1. The molecule has 2 aromatic carbocycles. The molecule has 20 heavy (non-hydrogen) atoms. The molecule has 0 aliphatic heterocycles. The van der Waals surface area contributed by atoms with Gasteiger partial charge in [-0.3, -0.25) is 0 Å². The van der Waals surface area contributed by atoms with Crippen molar-refractivity contribution >= 4 is 21.9 Å². The van der Waals surface area contributed by atoms with Crippen LogP contribution in [0.15, 0.2) is 46.9 Å². The van der Waals surface area contributed by atoms with Crippen LogP contribution in [0.1, 0.15) is 15.9 Å². The second kappa shape index (κ2) is 6.54. The van der Waals surface area contributed by atoms with Crippen LogP contribution >= 0.6 is 15.9 Å². The Bertz CT molecular complexity index is 608. The molecular formula is C15H13BrO4. The quantitative estimate of drug-likeness (QED) is 0.877. The maximum absolute atomic E-state index is 11.0.